The van der Waals surface area contributed by atoms with E-state index < -0.39 is 5.97 Å². The maximum Gasteiger partial charge on any atom is 0.312 e. The number of rotatable bonds is 9. The Bertz CT molecular complexity index is 863. The first-order valence-electron chi connectivity index (χ1n) is 8.29. The number of thiazole rings is 1. The molecule has 0 saturated carbocycles. The van der Waals surface area contributed by atoms with Crippen molar-refractivity contribution in [2.75, 3.05) is 19.8 Å². The summed E-state index contributed by atoms with van der Waals surface area (Å²) in [6.07, 6.45) is 0.0479. The fourth-order valence-corrected chi connectivity index (χ4v) is 3.81. The van der Waals surface area contributed by atoms with E-state index in [1.807, 2.05) is 53.2 Å². The molecule has 0 bridgehead atoms. The smallest absolute Gasteiger partial charge is 0.312 e. The highest BCUT2D eigenvalue weighted by atomic mass is 32.1. The van der Waals surface area contributed by atoms with Crippen molar-refractivity contribution in [3.05, 3.63) is 58.9 Å². The number of hydrogen-bond acceptors (Lipinski definition) is 7. The van der Waals surface area contributed by atoms with E-state index in [1.165, 1.54) is 11.3 Å². The molecule has 2 aromatic heterocycles. The Labute approximate surface area is 164 Å². The summed E-state index contributed by atoms with van der Waals surface area (Å²) in [7, 11) is 0. The third kappa shape index (κ3) is 6.19. The SMILES string of the molecule is O=C(COC(=O)Cc1csc(-c2cccs2)n1)NCCOc1ccccc1. The number of amides is 1. The lowest BCUT2D eigenvalue weighted by Gasteiger charge is -2.08. The third-order valence-corrected chi connectivity index (χ3v) is 5.34. The highest BCUT2D eigenvalue weighted by Crippen LogP contribution is 2.27. The van der Waals surface area contributed by atoms with Crippen LogP contribution in [0.15, 0.2) is 53.2 Å². The molecule has 1 aromatic carbocycles. The summed E-state index contributed by atoms with van der Waals surface area (Å²) >= 11 is 3.08. The predicted octanol–water partition coefficient (Wildman–Crippen LogP) is 3.15. The van der Waals surface area contributed by atoms with Crippen molar-refractivity contribution in [3.63, 3.8) is 0 Å². The lowest BCUT2D eigenvalue weighted by Crippen LogP contribution is -2.32. The van der Waals surface area contributed by atoms with E-state index in [9.17, 15) is 9.59 Å². The standard InChI is InChI=1S/C19H18N2O4S2/c22-17(20-8-9-24-15-5-2-1-3-6-15)12-25-18(23)11-14-13-27-19(21-14)16-7-4-10-26-16/h1-7,10,13H,8-9,11-12H2,(H,20,22). The summed E-state index contributed by atoms with van der Waals surface area (Å²) in [6.45, 7) is 0.363. The van der Waals surface area contributed by atoms with Gasteiger partial charge in [0, 0.05) is 5.38 Å². The van der Waals surface area contributed by atoms with E-state index >= 15 is 0 Å². The summed E-state index contributed by atoms with van der Waals surface area (Å²) in [4.78, 5) is 29.1. The van der Waals surface area contributed by atoms with E-state index in [2.05, 4.69) is 10.3 Å². The van der Waals surface area contributed by atoms with E-state index in [0.717, 1.165) is 15.6 Å². The quantitative estimate of drug-likeness (QED) is 0.439. The molecule has 0 radical (unpaired) electrons. The van der Waals surface area contributed by atoms with Gasteiger partial charge in [0.25, 0.3) is 5.91 Å². The lowest BCUT2D eigenvalue weighted by molar-refractivity contribution is -0.147. The van der Waals surface area contributed by atoms with Crippen LogP contribution in [0.2, 0.25) is 0 Å². The molecular weight excluding hydrogens is 384 g/mol. The number of ether oxygens (including phenoxy) is 2. The average Bonchev–Trinajstić information content (AvgIpc) is 3.36. The van der Waals surface area contributed by atoms with Gasteiger partial charge in [-0.05, 0) is 23.6 Å². The van der Waals surface area contributed by atoms with Gasteiger partial charge in [0.1, 0.15) is 17.4 Å². The normalized spacial score (nSPS) is 10.4. The van der Waals surface area contributed by atoms with Crippen LogP contribution in [0.25, 0.3) is 9.88 Å². The van der Waals surface area contributed by atoms with Crippen LogP contribution >= 0.6 is 22.7 Å². The molecule has 3 aromatic rings. The number of para-hydroxylation sites is 1. The first kappa shape index (κ1) is 19.1. The van der Waals surface area contributed by atoms with E-state index in [1.54, 1.807) is 11.3 Å². The number of nitrogens with zero attached hydrogens (tertiary/aromatic N) is 1. The molecule has 0 spiro atoms. The van der Waals surface area contributed by atoms with Crippen LogP contribution in [0, 0.1) is 0 Å². The molecule has 0 unspecified atom stereocenters. The van der Waals surface area contributed by atoms with E-state index in [-0.39, 0.29) is 18.9 Å². The molecule has 6 nitrogen and oxygen atoms in total. The van der Waals surface area contributed by atoms with Crippen LogP contribution < -0.4 is 10.1 Å². The van der Waals surface area contributed by atoms with E-state index in [4.69, 9.17) is 9.47 Å². The summed E-state index contributed by atoms with van der Waals surface area (Å²) in [6, 6.07) is 13.3. The molecule has 2 heterocycles. The van der Waals surface area contributed by atoms with Gasteiger partial charge in [0.15, 0.2) is 6.61 Å². The highest BCUT2D eigenvalue weighted by molar-refractivity contribution is 7.20. The van der Waals surface area contributed by atoms with Gasteiger partial charge in [-0.25, -0.2) is 4.98 Å². The van der Waals surface area contributed by atoms with Gasteiger partial charge < -0.3 is 14.8 Å². The van der Waals surface area contributed by atoms with Gasteiger partial charge in [0.2, 0.25) is 0 Å². The third-order valence-electron chi connectivity index (χ3n) is 3.41. The summed E-state index contributed by atoms with van der Waals surface area (Å²) < 4.78 is 10.5. The highest BCUT2D eigenvalue weighted by Gasteiger charge is 2.12. The summed E-state index contributed by atoms with van der Waals surface area (Å²) in [5.74, 6) is -0.102. The number of carbonyl (C=O) groups is 2. The Balaban J connectivity index is 1.32. The van der Waals surface area contributed by atoms with Crippen molar-refractivity contribution in [2.45, 2.75) is 6.42 Å². The van der Waals surface area contributed by atoms with Gasteiger partial charge in [-0.1, -0.05) is 24.3 Å². The van der Waals surface area contributed by atoms with Gasteiger partial charge in [-0.2, -0.15) is 0 Å². The minimum Gasteiger partial charge on any atom is -0.492 e. The number of hydrogen-bond donors (Lipinski definition) is 1. The number of esters is 1. The molecule has 1 amide bonds. The Morgan fingerprint density at radius 1 is 1.07 bits per heavy atom. The number of carbonyl (C=O) groups excluding carboxylic acids is 2. The summed E-state index contributed by atoms with van der Waals surface area (Å²) in [5, 5.41) is 7.33. The second-order valence-electron chi connectivity index (χ2n) is 5.47. The van der Waals surface area contributed by atoms with Crippen LogP contribution in [-0.2, 0) is 20.7 Å². The molecule has 0 atom stereocenters. The molecule has 140 valence electrons. The predicted molar refractivity (Wildman–Crippen MR) is 105 cm³/mol. The fraction of sp³-hybridized carbons (Fsp3) is 0.211. The molecule has 27 heavy (non-hydrogen) atoms. The van der Waals surface area contributed by atoms with Crippen LogP contribution in [0.4, 0.5) is 0 Å². The van der Waals surface area contributed by atoms with Crippen LogP contribution in [0.5, 0.6) is 5.75 Å². The van der Waals surface area contributed by atoms with E-state index in [0.29, 0.717) is 18.8 Å². The molecule has 0 aliphatic rings. The number of nitrogens with one attached hydrogen (secondary N) is 1. The van der Waals surface area contributed by atoms with Gasteiger partial charge in [-0.3, -0.25) is 9.59 Å². The molecule has 0 saturated heterocycles. The van der Waals surface area contributed by atoms with Crippen molar-refractivity contribution in [3.8, 4) is 15.6 Å². The van der Waals surface area contributed by atoms with Gasteiger partial charge >= 0.3 is 5.97 Å². The van der Waals surface area contributed by atoms with Crippen molar-refractivity contribution in [2.24, 2.45) is 0 Å². The number of thiophene rings is 1. The Morgan fingerprint density at radius 2 is 1.93 bits per heavy atom. The molecule has 3 rings (SSSR count). The van der Waals surface area contributed by atoms with Crippen LogP contribution in [-0.4, -0.2) is 36.6 Å². The Hall–Kier alpha value is -2.71. The zero-order valence-corrected chi connectivity index (χ0v) is 16.1. The molecule has 0 aliphatic heterocycles. The van der Waals surface area contributed by atoms with Gasteiger partial charge in [-0.15, -0.1) is 22.7 Å². The zero-order chi connectivity index (χ0) is 18.9. The van der Waals surface area contributed by atoms with Crippen molar-refractivity contribution in [1.82, 2.24) is 10.3 Å². The van der Waals surface area contributed by atoms with Crippen LogP contribution in [0.3, 0.4) is 0 Å². The Kier molecular flexibility index (Phi) is 6.95. The van der Waals surface area contributed by atoms with Crippen molar-refractivity contribution in [1.29, 1.82) is 0 Å². The monoisotopic (exact) mass is 402 g/mol. The summed E-state index contributed by atoms with van der Waals surface area (Å²) in [5.41, 5.74) is 0.644. The second-order valence-corrected chi connectivity index (χ2v) is 7.28. The first-order valence-corrected chi connectivity index (χ1v) is 10.0. The molecule has 8 heteroatoms. The average molecular weight is 402 g/mol. The zero-order valence-electron chi connectivity index (χ0n) is 14.4. The number of benzene rings is 1. The van der Waals surface area contributed by atoms with Crippen molar-refractivity contribution < 1.29 is 19.1 Å². The minimum absolute atomic E-state index is 0.0479. The molecular formula is C19H18N2O4S2. The minimum atomic E-state index is -0.478. The van der Waals surface area contributed by atoms with Crippen LogP contribution in [0.1, 0.15) is 5.69 Å². The fourth-order valence-electron chi connectivity index (χ4n) is 2.17. The maximum absolute atomic E-state index is 11.9. The first-order chi connectivity index (χ1) is 13.2. The molecule has 0 fully saturated rings. The lowest BCUT2D eigenvalue weighted by atomic mass is 10.3. The molecule has 1 N–H and O–H groups in total. The second kappa shape index (κ2) is 9.84. The Morgan fingerprint density at radius 3 is 2.70 bits per heavy atom. The molecule has 0 aliphatic carbocycles. The topological polar surface area (TPSA) is 77.5 Å². The van der Waals surface area contributed by atoms with Crippen molar-refractivity contribution >= 4 is 34.6 Å². The van der Waals surface area contributed by atoms with Gasteiger partial charge in [0.05, 0.1) is 23.5 Å². The maximum atomic E-state index is 11.9. The number of aromatic nitrogens is 1. The largest absolute Gasteiger partial charge is 0.492 e.